The van der Waals surface area contributed by atoms with Gasteiger partial charge in [0.2, 0.25) is 0 Å². The number of carbonyl (C=O) groups excluding carboxylic acids is 1. The quantitative estimate of drug-likeness (QED) is 0.283. The zero-order valence-corrected chi connectivity index (χ0v) is 19.9. The second-order valence-electron chi connectivity index (χ2n) is 8.77. The van der Waals surface area contributed by atoms with E-state index in [1.54, 1.807) is 0 Å². The predicted octanol–water partition coefficient (Wildman–Crippen LogP) is 4.94. The van der Waals surface area contributed by atoms with E-state index in [9.17, 15) is 9.90 Å². The van der Waals surface area contributed by atoms with Gasteiger partial charge in [0.15, 0.2) is 5.78 Å². The average molecular weight is 449 g/mol. The van der Waals surface area contributed by atoms with Crippen LogP contribution in [0.25, 0.3) is 22.2 Å². The molecule has 0 atom stereocenters. The van der Waals surface area contributed by atoms with Gasteiger partial charge in [-0.3, -0.25) is 9.48 Å². The Balaban J connectivity index is 1.44. The number of unbranched alkanes of at least 4 members (excludes halogenated alkanes) is 4. The second kappa shape index (κ2) is 10.9. The van der Waals surface area contributed by atoms with Gasteiger partial charge in [-0.2, -0.15) is 5.10 Å². The van der Waals surface area contributed by atoms with E-state index in [0.29, 0.717) is 17.7 Å². The molecule has 3 aromatic rings. The molecule has 0 bridgehead atoms. The first-order valence-electron chi connectivity index (χ1n) is 12.4. The van der Waals surface area contributed by atoms with Crippen LogP contribution in [0.4, 0.5) is 5.69 Å². The summed E-state index contributed by atoms with van der Waals surface area (Å²) >= 11 is 0. The number of nitrogens with zero attached hydrogens (tertiary/aromatic N) is 3. The average Bonchev–Trinajstić information content (AvgIpc) is 3.21. The Morgan fingerprint density at radius 3 is 2.45 bits per heavy atom. The van der Waals surface area contributed by atoms with E-state index in [-0.39, 0.29) is 12.4 Å². The molecule has 33 heavy (non-hydrogen) atoms. The number of aromatic nitrogens is 2. The third-order valence-electron chi connectivity index (χ3n) is 6.75. The molecule has 176 valence electrons. The fraction of sp³-hybridized carbons (Fsp3) is 0.481. The summed E-state index contributed by atoms with van der Waals surface area (Å²) in [5, 5.41) is 18.7. The summed E-state index contributed by atoms with van der Waals surface area (Å²) in [7, 11) is 0. The Labute approximate surface area is 196 Å². The van der Waals surface area contributed by atoms with E-state index < -0.39 is 0 Å². The Bertz CT molecular complexity index is 1100. The third-order valence-corrected chi connectivity index (χ3v) is 6.75. The summed E-state index contributed by atoms with van der Waals surface area (Å²) in [5.74, 6) is 0.0474. The Morgan fingerprint density at radius 1 is 0.970 bits per heavy atom. The van der Waals surface area contributed by atoms with Crippen molar-refractivity contribution >= 4 is 22.4 Å². The summed E-state index contributed by atoms with van der Waals surface area (Å²) in [6.07, 6.45) is 6.07. The lowest BCUT2D eigenvalue weighted by Gasteiger charge is -2.19. The van der Waals surface area contributed by atoms with Gasteiger partial charge in [-0.15, -0.1) is 0 Å². The van der Waals surface area contributed by atoms with Gasteiger partial charge in [0.1, 0.15) is 5.69 Å². The summed E-state index contributed by atoms with van der Waals surface area (Å²) in [5.41, 5.74) is 4.90. The normalized spacial score (nSPS) is 12.5. The Kier molecular flexibility index (Phi) is 7.78. The lowest BCUT2D eigenvalue weighted by Crippen LogP contribution is -2.23. The number of ketones is 1. The molecule has 1 aliphatic carbocycles. The van der Waals surface area contributed by atoms with Crippen LogP contribution in [0.15, 0.2) is 36.4 Å². The summed E-state index contributed by atoms with van der Waals surface area (Å²) in [6, 6.07) is 11.7. The molecule has 0 fully saturated rings. The zero-order chi connectivity index (χ0) is 23.2. The molecule has 0 radical (unpaired) electrons. The van der Waals surface area contributed by atoms with Crippen molar-refractivity contribution in [2.75, 3.05) is 38.1 Å². The smallest absolute Gasteiger partial charge is 0.196 e. The number of benzene rings is 2. The molecule has 4 rings (SSSR count). The monoisotopic (exact) mass is 448 g/mol. The lowest BCUT2D eigenvalue weighted by molar-refractivity contribution is 0.104. The van der Waals surface area contributed by atoms with Crippen molar-refractivity contribution in [1.82, 2.24) is 14.7 Å². The first-order chi connectivity index (χ1) is 16.2. The van der Waals surface area contributed by atoms with Gasteiger partial charge in [-0.25, -0.2) is 0 Å². The highest BCUT2D eigenvalue weighted by Crippen LogP contribution is 2.41. The number of hydrogen-bond donors (Lipinski definition) is 2. The van der Waals surface area contributed by atoms with Gasteiger partial charge < -0.3 is 15.3 Å². The number of anilines is 1. The van der Waals surface area contributed by atoms with Crippen LogP contribution in [0.3, 0.4) is 0 Å². The molecule has 0 aliphatic heterocycles. The standard InChI is InChI=1S/C27H36N4O2/c1-3-30(4-2)17-11-7-5-6-10-16-28-22-14-15-23-25-24(22)27(33)21-13-9-8-12-20(21)26(25)29-31(23)18-19-32/h8-9,12-15,28,32H,3-7,10-11,16-19H2,1-2H3. The van der Waals surface area contributed by atoms with Crippen molar-refractivity contribution in [3.63, 3.8) is 0 Å². The van der Waals surface area contributed by atoms with Gasteiger partial charge in [0, 0.05) is 28.7 Å². The van der Waals surface area contributed by atoms with Crippen molar-refractivity contribution in [3.8, 4) is 11.3 Å². The maximum absolute atomic E-state index is 13.5. The molecule has 2 aromatic carbocycles. The maximum atomic E-state index is 13.5. The van der Waals surface area contributed by atoms with Gasteiger partial charge >= 0.3 is 0 Å². The molecule has 1 heterocycles. The minimum atomic E-state index is 0.00999. The van der Waals surface area contributed by atoms with Crippen LogP contribution in [0.2, 0.25) is 0 Å². The predicted molar refractivity (Wildman–Crippen MR) is 135 cm³/mol. The molecule has 0 saturated heterocycles. The molecular formula is C27H36N4O2. The molecule has 6 heteroatoms. The van der Waals surface area contributed by atoms with Crippen LogP contribution >= 0.6 is 0 Å². The van der Waals surface area contributed by atoms with Crippen LogP contribution < -0.4 is 5.32 Å². The molecule has 1 aliphatic rings. The zero-order valence-electron chi connectivity index (χ0n) is 19.9. The summed E-state index contributed by atoms with van der Waals surface area (Å²) in [6.45, 7) is 9.19. The number of aliphatic hydroxyl groups is 1. The summed E-state index contributed by atoms with van der Waals surface area (Å²) < 4.78 is 1.81. The Morgan fingerprint density at radius 2 is 1.70 bits per heavy atom. The number of rotatable bonds is 13. The fourth-order valence-electron chi connectivity index (χ4n) is 4.88. The van der Waals surface area contributed by atoms with E-state index in [1.165, 1.54) is 32.2 Å². The van der Waals surface area contributed by atoms with E-state index in [2.05, 4.69) is 24.1 Å². The van der Waals surface area contributed by atoms with Crippen LogP contribution in [-0.4, -0.2) is 58.4 Å². The number of carbonyl (C=O) groups is 1. The summed E-state index contributed by atoms with van der Waals surface area (Å²) in [4.78, 5) is 15.9. The van der Waals surface area contributed by atoms with Gasteiger partial charge in [0.05, 0.1) is 24.2 Å². The first-order valence-corrected chi connectivity index (χ1v) is 12.4. The number of fused-ring (bicyclic) bond motifs is 2. The van der Waals surface area contributed by atoms with E-state index in [4.69, 9.17) is 5.10 Å². The van der Waals surface area contributed by atoms with E-state index in [1.807, 2.05) is 41.1 Å². The van der Waals surface area contributed by atoms with Gasteiger partial charge in [-0.05, 0) is 44.6 Å². The second-order valence-corrected chi connectivity index (χ2v) is 8.77. The molecule has 1 aromatic heterocycles. The minimum Gasteiger partial charge on any atom is -0.394 e. The molecule has 0 amide bonds. The van der Waals surface area contributed by atoms with Crippen molar-refractivity contribution in [3.05, 3.63) is 47.5 Å². The van der Waals surface area contributed by atoms with Crippen LogP contribution in [0, 0.1) is 0 Å². The molecular weight excluding hydrogens is 412 g/mol. The molecule has 6 nitrogen and oxygen atoms in total. The largest absolute Gasteiger partial charge is 0.394 e. The van der Waals surface area contributed by atoms with Crippen molar-refractivity contribution in [2.24, 2.45) is 0 Å². The third kappa shape index (κ3) is 4.82. The molecule has 0 saturated carbocycles. The highest BCUT2D eigenvalue weighted by Gasteiger charge is 2.30. The Hall–Kier alpha value is -2.70. The topological polar surface area (TPSA) is 70.4 Å². The first kappa shape index (κ1) is 23.5. The maximum Gasteiger partial charge on any atom is 0.196 e. The lowest BCUT2D eigenvalue weighted by atomic mass is 9.86. The van der Waals surface area contributed by atoms with Gasteiger partial charge in [-0.1, -0.05) is 57.4 Å². The van der Waals surface area contributed by atoms with E-state index in [0.717, 1.165) is 53.9 Å². The molecule has 0 spiro atoms. The van der Waals surface area contributed by atoms with Gasteiger partial charge in [0.25, 0.3) is 0 Å². The SMILES string of the molecule is CCN(CC)CCCCCCCNc1ccc2c3c(nn2CCO)-c2ccccc2C(=O)c13. The number of hydrogen-bond acceptors (Lipinski definition) is 5. The molecule has 0 unspecified atom stereocenters. The van der Waals surface area contributed by atoms with Crippen molar-refractivity contribution in [1.29, 1.82) is 0 Å². The molecule has 2 N–H and O–H groups in total. The van der Waals surface area contributed by atoms with Crippen LogP contribution in [0.5, 0.6) is 0 Å². The fourth-order valence-corrected chi connectivity index (χ4v) is 4.88. The number of nitrogens with one attached hydrogen (secondary N) is 1. The van der Waals surface area contributed by atoms with Crippen LogP contribution in [-0.2, 0) is 6.54 Å². The number of aliphatic hydroxyl groups excluding tert-OH is 1. The van der Waals surface area contributed by atoms with Crippen LogP contribution in [0.1, 0.15) is 61.9 Å². The minimum absolute atomic E-state index is 0.00999. The highest BCUT2D eigenvalue weighted by molar-refractivity contribution is 6.27. The van der Waals surface area contributed by atoms with Crippen molar-refractivity contribution < 1.29 is 9.90 Å². The van der Waals surface area contributed by atoms with Crippen molar-refractivity contribution in [2.45, 2.75) is 52.5 Å². The highest BCUT2D eigenvalue weighted by atomic mass is 16.3. The van der Waals surface area contributed by atoms with E-state index >= 15 is 0 Å².